The summed E-state index contributed by atoms with van der Waals surface area (Å²) in [6.07, 6.45) is 1.54. The Bertz CT molecular complexity index is 342. The number of likely N-dealkylation sites (N-methyl/N-ethyl adjacent to an activating group) is 1. The van der Waals surface area contributed by atoms with Crippen LogP contribution >= 0.6 is 0 Å². The van der Waals surface area contributed by atoms with Crippen molar-refractivity contribution in [2.75, 3.05) is 19.6 Å². The summed E-state index contributed by atoms with van der Waals surface area (Å²) in [5.74, 6) is -0.905. The Morgan fingerprint density at radius 2 is 2.43 bits per heavy atom. The van der Waals surface area contributed by atoms with Crippen molar-refractivity contribution in [3.05, 3.63) is 18.0 Å². The smallest absolute Gasteiger partial charge is 0.354 e. The molecule has 14 heavy (non-hydrogen) atoms. The van der Waals surface area contributed by atoms with E-state index < -0.39 is 5.97 Å². The van der Waals surface area contributed by atoms with Crippen molar-refractivity contribution in [1.29, 1.82) is 0 Å². The van der Waals surface area contributed by atoms with Crippen LogP contribution in [0.5, 0.6) is 0 Å². The lowest BCUT2D eigenvalue weighted by Gasteiger charge is -2.38. The molecule has 1 aliphatic heterocycles. The van der Waals surface area contributed by atoms with Crippen molar-refractivity contribution in [2.24, 2.45) is 0 Å². The van der Waals surface area contributed by atoms with Crippen LogP contribution in [0.25, 0.3) is 0 Å². The quantitative estimate of drug-likeness (QED) is 0.761. The Labute approximate surface area is 81.9 Å². The average molecular weight is 195 g/mol. The van der Waals surface area contributed by atoms with Gasteiger partial charge in [-0.25, -0.2) is 4.79 Å². The van der Waals surface area contributed by atoms with Gasteiger partial charge in [-0.15, -0.1) is 0 Å². The molecule has 1 aromatic rings. The van der Waals surface area contributed by atoms with Gasteiger partial charge in [0.05, 0.1) is 6.04 Å². The molecule has 76 valence electrons. The first-order valence-corrected chi connectivity index (χ1v) is 4.71. The summed E-state index contributed by atoms with van der Waals surface area (Å²) in [5.41, 5.74) is 0.283. The molecule has 0 aromatic carbocycles. The first-order chi connectivity index (χ1) is 6.72. The van der Waals surface area contributed by atoms with Crippen molar-refractivity contribution in [3.8, 4) is 0 Å². The third-order valence-corrected chi connectivity index (χ3v) is 2.62. The predicted octanol–water partition coefficient (Wildman–Crippen LogP) is 0.458. The van der Waals surface area contributed by atoms with E-state index in [-0.39, 0.29) is 11.7 Å². The van der Waals surface area contributed by atoms with Gasteiger partial charge in [-0.3, -0.25) is 9.58 Å². The van der Waals surface area contributed by atoms with Gasteiger partial charge in [0.1, 0.15) is 5.69 Å². The zero-order chi connectivity index (χ0) is 10.1. The minimum atomic E-state index is -0.905. The highest BCUT2D eigenvalue weighted by Crippen LogP contribution is 2.21. The molecule has 1 aliphatic rings. The van der Waals surface area contributed by atoms with Crippen LogP contribution in [0.4, 0.5) is 0 Å². The molecule has 5 heteroatoms. The van der Waals surface area contributed by atoms with E-state index >= 15 is 0 Å². The summed E-state index contributed by atoms with van der Waals surface area (Å²) < 4.78 is 1.61. The normalized spacial score (nSPS) is 18.1. The zero-order valence-electron chi connectivity index (χ0n) is 8.05. The van der Waals surface area contributed by atoms with Gasteiger partial charge in [0.2, 0.25) is 0 Å². The first-order valence-electron chi connectivity index (χ1n) is 4.71. The topological polar surface area (TPSA) is 58.4 Å². The summed E-state index contributed by atoms with van der Waals surface area (Å²) in [6, 6.07) is 1.77. The summed E-state index contributed by atoms with van der Waals surface area (Å²) in [4.78, 5) is 13.1. The molecule has 0 aliphatic carbocycles. The lowest BCUT2D eigenvalue weighted by Crippen LogP contribution is -2.48. The van der Waals surface area contributed by atoms with E-state index in [1.54, 1.807) is 4.68 Å². The van der Waals surface area contributed by atoms with Crippen LogP contribution in [0.1, 0.15) is 23.5 Å². The third kappa shape index (κ3) is 1.39. The Hall–Kier alpha value is -1.36. The average Bonchev–Trinajstić information content (AvgIpc) is 2.50. The van der Waals surface area contributed by atoms with Gasteiger partial charge in [0, 0.05) is 19.3 Å². The van der Waals surface area contributed by atoms with Crippen LogP contribution < -0.4 is 0 Å². The lowest BCUT2D eigenvalue weighted by atomic mass is 10.1. The minimum Gasteiger partial charge on any atom is -0.477 e. The Morgan fingerprint density at radius 1 is 1.71 bits per heavy atom. The van der Waals surface area contributed by atoms with E-state index in [0.717, 1.165) is 19.6 Å². The van der Waals surface area contributed by atoms with E-state index in [1.807, 2.05) is 0 Å². The standard InChI is InChI=1S/C9H13N3O2/c1-2-11-5-7(6-11)12-8(9(13)14)3-4-10-12/h3-4,7H,2,5-6H2,1H3,(H,13,14). The molecule has 0 spiro atoms. The summed E-state index contributed by atoms with van der Waals surface area (Å²) in [5, 5.41) is 12.9. The maximum absolute atomic E-state index is 10.8. The maximum Gasteiger partial charge on any atom is 0.354 e. The van der Waals surface area contributed by atoms with Crippen molar-refractivity contribution in [2.45, 2.75) is 13.0 Å². The van der Waals surface area contributed by atoms with Gasteiger partial charge in [-0.2, -0.15) is 5.10 Å². The van der Waals surface area contributed by atoms with Gasteiger partial charge >= 0.3 is 5.97 Å². The molecule has 2 heterocycles. The number of hydrogen-bond donors (Lipinski definition) is 1. The van der Waals surface area contributed by atoms with Gasteiger partial charge in [-0.05, 0) is 12.6 Å². The fourth-order valence-electron chi connectivity index (χ4n) is 1.73. The molecule has 0 amide bonds. The van der Waals surface area contributed by atoms with Crippen molar-refractivity contribution >= 4 is 5.97 Å². The second-order valence-electron chi connectivity index (χ2n) is 3.47. The number of likely N-dealkylation sites (tertiary alicyclic amines) is 1. The number of nitrogens with zero attached hydrogens (tertiary/aromatic N) is 3. The lowest BCUT2D eigenvalue weighted by molar-refractivity contribution is 0.0644. The third-order valence-electron chi connectivity index (χ3n) is 2.62. The Kier molecular flexibility index (Phi) is 2.25. The van der Waals surface area contributed by atoms with Gasteiger partial charge in [0.15, 0.2) is 0 Å². The second kappa shape index (κ2) is 3.42. The van der Waals surface area contributed by atoms with Crippen LogP contribution in [0.15, 0.2) is 12.3 Å². The molecule has 2 rings (SSSR count). The SMILES string of the molecule is CCN1CC(n2nccc2C(=O)O)C1. The number of carboxylic acid groups (broad SMARTS) is 1. The molecule has 0 atom stereocenters. The largest absolute Gasteiger partial charge is 0.477 e. The highest BCUT2D eigenvalue weighted by molar-refractivity contribution is 5.85. The zero-order valence-corrected chi connectivity index (χ0v) is 8.05. The van der Waals surface area contributed by atoms with E-state index in [2.05, 4.69) is 16.9 Å². The predicted molar refractivity (Wildman–Crippen MR) is 50.3 cm³/mol. The van der Waals surface area contributed by atoms with Crippen LogP contribution in [-0.2, 0) is 0 Å². The van der Waals surface area contributed by atoms with Crippen LogP contribution in [0, 0.1) is 0 Å². The molecule has 0 radical (unpaired) electrons. The molecular formula is C9H13N3O2. The van der Waals surface area contributed by atoms with Crippen LogP contribution in [0.2, 0.25) is 0 Å². The number of carbonyl (C=O) groups is 1. The number of rotatable bonds is 3. The molecule has 1 fully saturated rings. The summed E-state index contributed by atoms with van der Waals surface area (Å²) in [7, 11) is 0. The van der Waals surface area contributed by atoms with Gasteiger partial charge in [0.25, 0.3) is 0 Å². The van der Waals surface area contributed by atoms with E-state index in [4.69, 9.17) is 5.11 Å². The Morgan fingerprint density at radius 3 is 3.00 bits per heavy atom. The molecule has 0 bridgehead atoms. The van der Waals surface area contributed by atoms with Gasteiger partial charge < -0.3 is 5.11 Å². The molecule has 1 N–H and O–H groups in total. The van der Waals surface area contributed by atoms with Crippen molar-refractivity contribution < 1.29 is 9.90 Å². The van der Waals surface area contributed by atoms with Crippen molar-refractivity contribution in [1.82, 2.24) is 14.7 Å². The number of aromatic carboxylic acids is 1. The second-order valence-corrected chi connectivity index (χ2v) is 3.47. The molecule has 5 nitrogen and oxygen atoms in total. The summed E-state index contributed by atoms with van der Waals surface area (Å²) in [6.45, 7) is 4.91. The van der Waals surface area contributed by atoms with Crippen LogP contribution in [0.3, 0.4) is 0 Å². The molecule has 1 saturated heterocycles. The van der Waals surface area contributed by atoms with Crippen molar-refractivity contribution in [3.63, 3.8) is 0 Å². The van der Waals surface area contributed by atoms with E-state index in [9.17, 15) is 4.79 Å². The minimum absolute atomic E-state index is 0.232. The fourth-order valence-corrected chi connectivity index (χ4v) is 1.73. The van der Waals surface area contributed by atoms with E-state index in [1.165, 1.54) is 12.3 Å². The fraction of sp³-hybridized carbons (Fsp3) is 0.556. The summed E-state index contributed by atoms with van der Waals surface area (Å²) >= 11 is 0. The highest BCUT2D eigenvalue weighted by atomic mass is 16.4. The molecule has 0 unspecified atom stereocenters. The number of hydrogen-bond acceptors (Lipinski definition) is 3. The van der Waals surface area contributed by atoms with E-state index in [0.29, 0.717) is 0 Å². The maximum atomic E-state index is 10.8. The number of aromatic nitrogens is 2. The van der Waals surface area contributed by atoms with Gasteiger partial charge in [-0.1, -0.05) is 6.92 Å². The first kappa shape index (κ1) is 9.21. The Balaban J connectivity index is 2.10. The number of carboxylic acids is 1. The molecular weight excluding hydrogens is 182 g/mol. The molecule has 0 saturated carbocycles. The highest BCUT2D eigenvalue weighted by Gasteiger charge is 2.29. The monoisotopic (exact) mass is 195 g/mol. The van der Waals surface area contributed by atoms with Crippen LogP contribution in [-0.4, -0.2) is 45.4 Å². The molecule has 1 aromatic heterocycles.